The van der Waals surface area contributed by atoms with Crippen molar-refractivity contribution in [1.29, 1.82) is 0 Å². The SMILES string of the molecule is O=C1COc2cc(Nc3nccc(-c4c(-c5cccc(NC(=O)c6c(F)cccc6F)c5)nn5ccccc45)n3)ccc2N1. The molecule has 0 atom stereocenters. The van der Waals surface area contributed by atoms with Gasteiger partial charge in [-0.05, 0) is 54.6 Å². The standard InChI is InChI=1S/C32H21F2N7O3/c33-21-7-4-8-22(34)28(21)31(43)36-19-6-3-5-18(15-19)30-29(25-9-1-2-14-41(25)40-30)24-12-13-35-32(39-24)37-20-10-11-23-26(16-20)44-17-27(42)38-23/h1-16H,17H2,(H,36,43)(H,38,42)(H,35,37,39). The van der Waals surface area contributed by atoms with Crippen molar-refractivity contribution in [3.63, 3.8) is 0 Å². The Morgan fingerprint density at radius 2 is 1.77 bits per heavy atom. The summed E-state index contributed by atoms with van der Waals surface area (Å²) in [7, 11) is 0. The summed E-state index contributed by atoms with van der Waals surface area (Å²) in [6.45, 7) is -0.0646. The van der Waals surface area contributed by atoms with E-state index in [1.165, 1.54) is 6.07 Å². The summed E-state index contributed by atoms with van der Waals surface area (Å²) in [6.07, 6.45) is 3.43. The molecule has 44 heavy (non-hydrogen) atoms. The van der Waals surface area contributed by atoms with E-state index in [9.17, 15) is 18.4 Å². The van der Waals surface area contributed by atoms with E-state index in [-0.39, 0.29) is 12.5 Å². The third-order valence-corrected chi connectivity index (χ3v) is 6.91. The van der Waals surface area contributed by atoms with Gasteiger partial charge in [0.05, 0.1) is 22.5 Å². The summed E-state index contributed by atoms with van der Waals surface area (Å²) in [5.74, 6) is -2.19. The maximum atomic E-state index is 14.2. The third kappa shape index (κ3) is 5.04. The van der Waals surface area contributed by atoms with Crippen molar-refractivity contribution in [2.24, 2.45) is 0 Å². The lowest BCUT2D eigenvalue weighted by atomic mass is 10.0. The maximum absolute atomic E-state index is 14.2. The van der Waals surface area contributed by atoms with Gasteiger partial charge in [-0.1, -0.05) is 24.3 Å². The van der Waals surface area contributed by atoms with Crippen LogP contribution in [0.1, 0.15) is 10.4 Å². The first-order valence-electron chi connectivity index (χ1n) is 13.4. The molecule has 3 N–H and O–H groups in total. The molecule has 3 aromatic carbocycles. The van der Waals surface area contributed by atoms with E-state index in [2.05, 4.69) is 20.9 Å². The number of hydrogen-bond acceptors (Lipinski definition) is 7. The zero-order valence-corrected chi connectivity index (χ0v) is 22.7. The van der Waals surface area contributed by atoms with Gasteiger partial charge in [0.1, 0.15) is 28.6 Å². The van der Waals surface area contributed by atoms with Crippen molar-refractivity contribution in [3.8, 4) is 28.3 Å². The largest absolute Gasteiger partial charge is 0.482 e. The van der Waals surface area contributed by atoms with Crippen LogP contribution in [-0.4, -0.2) is 38.0 Å². The van der Waals surface area contributed by atoms with Crippen LogP contribution < -0.4 is 20.7 Å². The van der Waals surface area contributed by atoms with Crippen LogP contribution in [0.2, 0.25) is 0 Å². The van der Waals surface area contributed by atoms with E-state index < -0.39 is 23.1 Å². The Hall–Kier alpha value is -6.17. The molecule has 7 rings (SSSR count). The van der Waals surface area contributed by atoms with Crippen molar-refractivity contribution in [1.82, 2.24) is 19.6 Å². The number of anilines is 4. The predicted molar refractivity (Wildman–Crippen MR) is 160 cm³/mol. The van der Waals surface area contributed by atoms with Crippen LogP contribution in [0, 0.1) is 11.6 Å². The highest BCUT2D eigenvalue weighted by molar-refractivity contribution is 6.05. The van der Waals surface area contributed by atoms with Crippen molar-refractivity contribution < 1.29 is 23.1 Å². The fourth-order valence-electron chi connectivity index (χ4n) is 4.95. The lowest BCUT2D eigenvalue weighted by Gasteiger charge is -2.18. The number of halogens is 2. The van der Waals surface area contributed by atoms with Gasteiger partial charge in [-0.15, -0.1) is 0 Å². The summed E-state index contributed by atoms with van der Waals surface area (Å²) in [5.41, 5.74) is 4.15. The highest BCUT2D eigenvalue weighted by Crippen LogP contribution is 2.36. The molecule has 1 aliphatic rings. The van der Waals surface area contributed by atoms with E-state index in [0.29, 0.717) is 51.3 Å². The monoisotopic (exact) mass is 589 g/mol. The van der Waals surface area contributed by atoms with Gasteiger partial charge < -0.3 is 20.7 Å². The molecule has 10 nitrogen and oxygen atoms in total. The van der Waals surface area contributed by atoms with Crippen molar-refractivity contribution in [3.05, 3.63) is 115 Å². The second-order valence-corrected chi connectivity index (χ2v) is 9.82. The molecule has 2 amide bonds. The highest BCUT2D eigenvalue weighted by atomic mass is 19.1. The Balaban J connectivity index is 1.24. The van der Waals surface area contributed by atoms with E-state index >= 15 is 0 Å². The molecule has 6 aromatic rings. The van der Waals surface area contributed by atoms with Crippen LogP contribution in [0.15, 0.2) is 97.3 Å². The second kappa shape index (κ2) is 10.9. The molecule has 0 radical (unpaired) electrons. The molecular weight excluding hydrogens is 568 g/mol. The molecule has 216 valence electrons. The quantitative estimate of drug-likeness (QED) is 0.216. The van der Waals surface area contributed by atoms with Crippen LogP contribution in [0.4, 0.5) is 31.8 Å². The minimum Gasteiger partial charge on any atom is -0.482 e. The highest BCUT2D eigenvalue weighted by Gasteiger charge is 2.21. The number of benzene rings is 3. The minimum atomic E-state index is -0.954. The summed E-state index contributed by atoms with van der Waals surface area (Å²) >= 11 is 0. The molecule has 0 saturated heterocycles. The van der Waals surface area contributed by atoms with Crippen molar-refractivity contribution in [2.45, 2.75) is 0 Å². The number of nitrogens with one attached hydrogen (secondary N) is 3. The number of aromatic nitrogens is 4. The summed E-state index contributed by atoms with van der Waals surface area (Å²) < 4.78 is 35.7. The summed E-state index contributed by atoms with van der Waals surface area (Å²) in [6, 6.07) is 22.7. The molecule has 1 aliphatic heterocycles. The molecular formula is C32H21F2N7O3. The lowest BCUT2D eigenvalue weighted by molar-refractivity contribution is -0.118. The number of nitrogens with zero attached hydrogens (tertiary/aromatic N) is 4. The van der Waals surface area contributed by atoms with Gasteiger partial charge in [-0.2, -0.15) is 5.10 Å². The van der Waals surface area contributed by atoms with Crippen molar-refractivity contribution >= 4 is 40.3 Å². The third-order valence-electron chi connectivity index (χ3n) is 6.91. The first kappa shape index (κ1) is 26.7. The number of pyridine rings is 1. The van der Waals surface area contributed by atoms with E-state index in [1.807, 2.05) is 24.3 Å². The van der Waals surface area contributed by atoms with Gasteiger partial charge in [-0.3, -0.25) is 9.59 Å². The molecule has 0 bridgehead atoms. The molecule has 3 aromatic heterocycles. The topological polar surface area (TPSA) is 123 Å². The van der Waals surface area contributed by atoms with E-state index in [4.69, 9.17) is 14.8 Å². The lowest BCUT2D eigenvalue weighted by Crippen LogP contribution is -2.25. The number of carbonyl (C=O) groups excluding carboxylic acids is 2. The first-order valence-corrected chi connectivity index (χ1v) is 13.4. The average molecular weight is 590 g/mol. The second-order valence-electron chi connectivity index (χ2n) is 9.82. The smallest absolute Gasteiger partial charge is 0.262 e. The fourth-order valence-corrected chi connectivity index (χ4v) is 4.95. The first-order chi connectivity index (χ1) is 21.4. The fraction of sp³-hybridized carbons (Fsp3) is 0.0312. The van der Waals surface area contributed by atoms with Gasteiger partial charge in [0.15, 0.2) is 6.61 Å². The molecule has 4 heterocycles. The number of amides is 2. The number of ether oxygens (including phenoxy) is 1. The van der Waals surface area contributed by atoms with Crippen LogP contribution in [0.5, 0.6) is 5.75 Å². The molecule has 0 unspecified atom stereocenters. The van der Waals surface area contributed by atoms with Crippen LogP contribution in [-0.2, 0) is 4.79 Å². The van der Waals surface area contributed by atoms with Crippen LogP contribution in [0.25, 0.3) is 28.0 Å². The number of rotatable bonds is 6. The van der Waals surface area contributed by atoms with Crippen LogP contribution in [0.3, 0.4) is 0 Å². The molecule has 12 heteroatoms. The normalized spacial score (nSPS) is 12.3. The zero-order valence-electron chi connectivity index (χ0n) is 22.7. The van der Waals surface area contributed by atoms with Gasteiger partial charge >= 0.3 is 0 Å². The number of hydrogen-bond donors (Lipinski definition) is 3. The van der Waals surface area contributed by atoms with Gasteiger partial charge in [-0.25, -0.2) is 23.3 Å². The average Bonchev–Trinajstić information content (AvgIpc) is 3.41. The van der Waals surface area contributed by atoms with Gasteiger partial charge in [0, 0.05) is 35.4 Å². The maximum Gasteiger partial charge on any atom is 0.262 e. The Labute approximate surface area is 248 Å². The number of carbonyl (C=O) groups is 2. The van der Waals surface area contributed by atoms with Gasteiger partial charge in [0.25, 0.3) is 11.8 Å². The Morgan fingerprint density at radius 3 is 2.64 bits per heavy atom. The summed E-state index contributed by atoms with van der Waals surface area (Å²) in [5, 5.41) is 13.3. The van der Waals surface area contributed by atoms with E-state index in [1.54, 1.807) is 59.4 Å². The van der Waals surface area contributed by atoms with Crippen LogP contribution >= 0.6 is 0 Å². The summed E-state index contributed by atoms with van der Waals surface area (Å²) in [4.78, 5) is 33.5. The van der Waals surface area contributed by atoms with Gasteiger partial charge in [0.2, 0.25) is 5.95 Å². The molecule has 0 fully saturated rings. The minimum absolute atomic E-state index is 0.0646. The Bertz CT molecular complexity index is 2080. The molecule has 0 spiro atoms. The molecule has 0 aliphatic carbocycles. The Kier molecular flexibility index (Phi) is 6.62. The number of fused-ring (bicyclic) bond motifs is 2. The Morgan fingerprint density at radius 1 is 0.932 bits per heavy atom. The predicted octanol–water partition coefficient (Wildman–Crippen LogP) is 6.06. The van der Waals surface area contributed by atoms with Crippen molar-refractivity contribution in [2.75, 3.05) is 22.6 Å². The zero-order chi connectivity index (χ0) is 30.2. The van der Waals surface area contributed by atoms with E-state index in [0.717, 1.165) is 17.6 Å². The molecule has 0 saturated carbocycles.